The van der Waals surface area contributed by atoms with Gasteiger partial charge >= 0.3 is 0 Å². The Labute approximate surface area is 170 Å². The summed E-state index contributed by atoms with van der Waals surface area (Å²) < 4.78 is 1.95. The predicted molar refractivity (Wildman–Crippen MR) is 111 cm³/mol. The fraction of sp³-hybridized carbons (Fsp3) is 0.364. The van der Waals surface area contributed by atoms with E-state index in [1.54, 1.807) is 12.4 Å². The van der Waals surface area contributed by atoms with E-state index in [0.717, 1.165) is 49.4 Å². The average molecular weight is 390 g/mol. The van der Waals surface area contributed by atoms with Gasteiger partial charge in [0.1, 0.15) is 0 Å². The maximum Gasteiger partial charge on any atom is 0.253 e. The van der Waals surface area contributed by atoms with Gasteiger partial charge in [0.25, 0.3) is 5.91 Å². The molecule has 1 aliphatic heterocycles. The predicted octanol–water partition coefficient (Wildman–Crippen LogP) is 2.58. The van der Waals surface area contributed by atoms with Gasteiger partial charge in [-0.15, -0.1) is 0 Å². The van der Waals surface area contributed by atoms with Crippen molar-refractivity contribution in [1.82, 2.24) is 30.0 Å². The smallest absolute Gasteiger partial charge is 0.253 e. The van der Waals surface area contributed by atoms with Crippen LogP contribution in [0.2, 0.25) is 0 Å². The molecule has 0 saturated carbocycles. The summed E-state index contributed by atoms with van der Waals surface area (Å²) >= 11 is 0. The maximum atomic E-state index is 12.4. The van der Waals surface area contributed by atoms with Crippen LogP contribution in [0.3, 0.4) is 0 Å². The first kappa shape index (κ1) is 19.3. The molecule has 1 saturated heterocycles. The van der Waals surface area contributed by atoms with Crippen molar-refractivity contribution < 1.29 is 4.79 Å². The summed E-state index contributed by atoms with van der Waals surface area (Å²) in [5, 5.41) is 7.77. The Balaban J connectivity index is 1.31. The van der Waals surface area contributed by atoms with Crippen molar-refractivity contribution in [2.45, 2.75) is 32.4 Å². The molecule has 4 rings (SSSR count). The average Bonchev–Trinajstić information content (AvgIpc) is 3.11. The lowest BCUT2D eigenvalue weighted by molar-refractivity contribution is 0.0908. The first-order chi connectivity index (χ1) is 14.1. The van der Waals surface area contributed by atoms with Crippen molar-refractivity contribution in [2.75, 3.05) is 13.1 Å². The van der Waals surface area contributed by atoms with E-state index in [1.807, 2.05) is 49.1 Å². The Morgan fingerprint density at radius 3 is 2.72 bits per heavy atom. The van der Waals surface area contributed by atoms with Crippen LogP contribution in [0, 0.1) is 6.92 Å². The van der Waals surface area contributed by atoms with Crippen molar-refractivity contribution >= 4 is 5.91 Å². The molecule has 0 unspecified atom stereocenters. The number of likely N-dealkylation sites (tertiary alicyclic amines) is 1. The van der Waals surface area contributed by atoms with E-state index in [2.05, 4.69) is 31.3 Å². The van der Waals surface area contributed by atoms with Crippen LogP contribution in [0.15, 0.2) is 48.9 Å². The van der Waals surface area contributed by atoms with E-state index in [1.165, 1.54) is 5.69 Å². The molecule has 0 radical (unpaired) electrons. The Bertz CT molecular complexity index is 959. The van der Waals surface area contributed by atoms with Gasteiger partial charge in [-0.05, 0) is 50.1 Å². The molecule has 1 fully saturated rings. The zero-order valence-corrected chi connectivity index (χ0v) is 16.9. The molecule has 0 atom stereocenters. The summed E-state index contributed by atoms with van der Waals surface area (Å²) in [5.74, 6) is -0.0382. The van der Waals surface area contributed by atoms with E-state index in [9.17, 15) is 4.79 Å². The summed E-state index contributed by atoms with van der Waals surface area (Å²) in [6, 6.07) is 9.99. The van der Waals surface area contributed by atoms with Gasteiger partial charge in [0.05, 0.1) is 17.0 Å². The van der Waals surface area contributed by atoms with Crippen LogP contribution in [0.4, 0.5) is 0 Å². The lowest BCUT2D eigenvalue weighted by Gasteiger charge is -2.32. The highest BCUT2D eigenvalue weighted by Crippen LogP contribution is 2.20. The number of amides is 1. The lowest BCUT2D eigenvalue weighted by Crippen LogP contribution is -2.44. The molecule has 1 N–H and O–H groups in total. The standard InChI is InChI=1S/C22H26N6O/c1-16-5-6-18(14-24-16)22(29)25-19-7-10-28(11-8-19)15-20-12-21(26-27(20)2)17-4-3-9-23-13-17/h3-6,9,12-14,19H,7-8,10-11,15H2,1-2H3,(H,25,29). The maximum absolute atomic E-state index is 12.4. The van der Waals surface area contributed by atoms with Gasteiger partial charge < -0.3 is 5.32 Å². The Morgan fingerprint density at radius 1 is 1.21 bits per heavy atom. The highest BCUT2D eigenvalue weighted by atomic mass is 16.1. The van der Waals surface area contributed by atoms with E-state index in [4.69, 9.17) is 0 Å². The van der Waals surface area contributed by atoms with Crippen LogP contribution >= 0.6 is 0 Å². The van der Waals surface area contributed by atoms with Gasteiger partial charge in [-0.25, -0.2) is 0 Å². The van der Waals surface area contributed by atoms with Gasteiger partial charge in [-0.1, -0.05) is 0 Å². The van der Waals surface area contributed by atoms with Crippen LogP contribution in [-0.2, 0) is 13.6 Å². The molecule has 0 bridgehead atoms. The SMILES string of the molecule is Cc1ccc(C(=O)NC2CCN(Cc3cc(-c4cccnc4)nn3C)CC2)cn1. The minimum absolute atomic E-state index is 0.0382. The first-order valence-electron chi connectivity index (χ1n) is 9.97. The normalized spacial score (nSPS) is 15.4. The van der Waals surface area contributed by atoms with Crippen molar-refractivity contribution in [2.24, 2.45) is 7.05 Å². The number of hydrogen-bond donors (Lipinski definition) is 1. The second-order valence-electron chi connectivity index (χ2n) is 7.60. The van der Waals surface area contributed by atoms with Crippen molar-refractivity contribution in [3.05, 3.63) is 65.9 Å². The molecule has 1 aliphatic rings. The first-order valence-corrected chi connectivity index (χ1v) is 9.97. The third-order valence-corrected chi connectivity index (χ3v) is 5.42. The molecular formula is C22H26N6O. The largest absolute Gasteiger partial charge is 0.349 e. The molecule has 1 amide bonds. The fourth-order valence-electron chi connectivity index (χ4n) is 3.64. The number of carbonyl (C=O) groups is 1. The second kappa shape index (κ2) is 8.53. The molecule has 29 heavy (non-hydrogen) atoms. The number of pyridine rings is 2. The van der Waals surface area contributed by atoms with E-state index >= 15 is 0 Å². The van der Waals surface area contributed by atoms with E-state index < -0.39 is 0 Å². The lowest BCUT2D eigenvalue weighted by atomic mass is 10.0. The van der Waals surface area contributed by atoms with Crippen molar-refractivity contribution in [3.63, 3.8) is 0 Å². The number of rotatable bonds is 5. The van der Waals surface area contributed by atoms with Gasteiger partial charge in [-0.3, -0.25) is 24.3 Å². The molecule has 7 nitrogen and oxygen atoms in total. The number of aryl methyl sites for hydroxylation is 2. The fourth-order valence-corrected chi connectivity index (χ4v) is 3.64. The number of aromatic nitrogens is 4. The third kappa shape index (κ3) is 4.68. The third-order valence-electron chi connectivity index (χ3n) is 5.42. The van der Waals surface area contributed by atoms with Gasteiger partial charge in [0, 0.05) is 62.6 Å². The molecular weight excluding hydrogens is 364 g/mol. The molecule has 0 aromatic carbocycles. The number of carbonyl (C=O) groups excluding carboxylic acids is 1. The van der Waals surface area contributed by atoms with Gasteiger partial charge in [-0.2, -0.15) is 5.10 Å². The van der Waals surface area contributed by atoms with Crippen LogP contribution in [0.1, 0.15) is 34.6 Å². The van der Waals surface area contributed by atoms with Crippen molar-refractivity contribution in [1.29, 1.82) is 0 Å². The summed E-state index contributed by atoms with van der Waals surface area (Å²) in [5.41, 5.74) is 4.69. The summed E-state index contributed by atoms with van der Waals surface area (Å²) in [6.07, 6.45) is 7.13. The molecule has 3 aromatic rings. The summed E-state index contributed by atoms with van der Waals surface area (Å²) in [4.78, 5) is 23.2. The Kier molecular flexibility index (Phi) is 5.67. The molecule has 3 aromatic heterocycles. The van der Waals surface area contributed by atoms with E-state index in [-0.39, 0.29) is 11.9 Å². The Hall–Kier alpha value is -3.06. The molecule has 0 spiro atoms. The summed E-state index contributed by atoms with van der Waals surface area (Å²) in [6.45, 7) is 4.67. The van der Waals surface area contributed by atoms with Crippen LogP contribution in [0.5, 0.6) is 0 Å². The zero-order valence-electron chi connectivity index (χ0n) is 16.9. The highest BCUT2D eigenvalue weighted by molar-refractivity contribution is 5.94. The topological polar surface area (TPSA) is 75.9 Å². The quantitative estimate of drug-likeness (QED) is 0.725. The monoisotopic (exact) mass is 390 g/mol. The second-order valence-corrected chi connectivity index (χ2v) is 7.60. The summed E-state index contributed by atoms with van der Waals surface area (Å²) in [7, 11) is 1.98. The van der Waals surface area contributed by atoms with Gasteiger partial charge in [0.15, 0.2) is 0 Å². The van der Waals surface area contributed by atoms with E-state index in [0.29, 0.717) is 5.56 Å². The Morgan fingerprint density at radius 2 is 2.03 bits per heavy atom. The van der Waals surface area contributed by atoms with Gasteiger partial charge in [0.2, 0.25) is 0 Å². The minimum atomic E-state index is -0.0382. The number of piperidine rings is 1. The molecule has 4 heterocycles. The van der Waals surface area contributed by atoms with Crippen LogP contribution < -0.4 is 5.32 Å². The molecule has 150 valence electrons. The van der Waals surface area contributed by atoms with Crippen LogP contribution in [-0.4, -0.2) is 49.7 Å². The zero-order chi connectivity index (χ0) is 20.2. The number of nitrogens with one attached hydrogen (secondary N) is 1. The molecule has 0 aliphatic carbocycles. The molecule has 7 heteroatoms. The van der Waals surface area contributed by atoms with Crippen LogP contribution in [0.25, 0.3) is 11.3 Å². The van der Waals surface area contributed by atoms with Crippen molar-refractivity contribution in [3.8, 4) is 11.3 Å². The highest BCUT2D eigenvalue weighted by Gasteiger charge is 2.22. The number of nitrogens with zero attached hydrogens (tertiary/aromatic N) is 5. The minimum Gasteiger partial charge on any atom is -0.349 e. The number of hydrogen-bond acceptors (Lipinski definition) is 5.